The van der Waals surface area contributed by atoms with Crippen LogP contribution in [0.5, 0.6) is 11.5 Å². The summed E-state index contributed by atoms with van der Waals surface area (Å²) in [6, 6.07) is 11.1. The van der Waals surface area contributed by atoms with Gasteiger partial charge in [-0.25, -0.2) is 9.18 Å². The summed E-state index contributed by atoms with van der Waals surface area (Å²) in [7, 11) is 1.52. The molecule has 1 N–H and O–H groups in total. The lowest BCUT2D eigenvalue weighted by molar-refractivity contribution is -0.131. The quantitative estimate of drug-likeness (QED) is 0.830. The highest BCUT2D eigenvalue weighted by Gasteiger charge is 2.06. The van der Waals surface area contributed by atoms with E-state index in [2.05, 4.69) is 0 Å². The highest BCUT2D eigenvalue weighted by atomic mass is 19.1. The maximum atomic E-state index is 12.9. The largest absolute Gasteiger partial charge is 0.493 e. The number of benzene rings is 2. The first-order valence-electron chi connectivity index (χ1n) is 6.55. The summed E-state index contributed by atoms with van der Waals surface area (Å²) < 4.78 is 23.7. The van der Waals surface area contributed by atoms with Crippen LogP contribution in [0.25, 0.3) is 6.08 Å². The number of hydrogen-bond acceptors (Lipinski definition) is 3. The second-order valence-corrected chi connectivity index (χ2v) is 4.50. The summed E-state index contributed by atoms with van der Waals surface area (Å²) in [4.78, 5) is 10.5. The lowest BCUT2D eigenvalue weighted by Gasteiger charge is -2.11. The minimum absolute atomic E-state index is 0.253. The van der Waals surface area contributed by atoms with Crippen LogP contribution < -0.4 is 9.47 Å². The van der Waals surface area contributed by atoms with Crippen LogP contribution >= 0.6 is 0 Å². The Balaban J connectivity index is 2.15. The Kier molecular flexibility index (Phi) is 5.14. The third kappa shape index (κ3) is 4.34. The van der Waals surface area contributed by atoms with Crippen molar-refractivity contribution in [3.05, 3.63) is 65.5 Å². The van der Waals surface area contributed by atoms with Crippen LogP contribution in [0.1, 0.15) is 11.1 Å². The van der Waals surface area contributed by atoms with Gasteiger partial charge < -0.3 is 14.6 Å². The molecule has 0 saturated heterocycles. The lowest BCUT2D eigenvalue weighted by Crippen LogP contribution is -1.98. The fourth-order valence-electron chi connectivity index (χ4n) is 1.82. The summed E-state index contributed by atoms with van der Waals surface area (Å²) in [5.74, 6) is -0.305. The topological polar surface area (TPSA) is 55.8 Å². The standard InChI is InChI=1S/C17H15FO4/c1-21-15-8-4-12(5-9-17(19)20)10-16(15)22-11-13-2-6-14(18)7-3-13/h2-10H,11H2,1H3,(H,19,20)/b9-5+. The zero-order valence-electron chi connectivity index (χ0n) is 12.0. The number of hydrogen-bond donors (Lipinski definition) is 1. The van der Waals surface area contributed by atoms with E-state index in [-0.39, 0.29) is 12.4 Å². The number of methoxy groups -OCH3 is 1. The molecule has 4 nitrogen and oxygen atoms in total. The van der Waals surface area contributed by atoms with Crippen LogP contribution in [-0.4, -0.2) is 18.2 Å². The number of aliphatic carboxylic acids is 1. The van der Waals surface area contributed by atoms with Crippen molar-refractivity contribution in [2.45, 2.75) is 6.61 Å². The van der Waals surface area contributed by atoms with Crippen LogP contribution in [0.3, 0.4) is 0 Å². The molecule has 0 aromatic heterocycles. The van der Waals surface area contributed by atoms with Crippen molar-refractivity contribution < 1.29 is 23.8 Å². The minimum Gasteiger partial charge on any atom is -0.493 e. The zero-order valence-corrected chi connectivity index (χ0v) is 12.0. The first kappa shape index (κ1) is 15.6. The van der Waals surface area contributed by atoms with Gasteiger partial charge in [0.15, 0.2) is 11.5 Å². The molecule has 5 heteroatoms. The molecular weight excluding hydrogens is 287 g/mol. The highest BCUT2D eigenvalue weighted by Crippen LogP contribution is 2.29. The van der Waals surface area contributed by atoms with Crippen LogP contribution in [0.4, 0.5) is 4.39 Å². The van der Waals surface area contributed by atoms with E-state index < -0.39 is 5.97 Å². The minimum atomic E-state index is -1.02. The summed E-state index contributed by atoms with van der Waals surface area (Å²) in [6.45, 7) is 0.253. The van der Waals surface area contributed by atoms with Crippen molar-refractivity contribution in [2.75, 3.05) is 7.11 Å². The molecule has 0 aliphatic heterocycles. The van der Waals surface area contributed by atoms with Gasteiger partial charge in [-0.1, -0.05) is 18.2 Å². The van der Waals surface area contributed by atoms with Gasteiger partial charge >= 0.3 is 5.97 Å². The third-order valence-electron chi connectivity index (χ3n) is 2.91. The van der Waals surface area contributed by atoms with E-state index in [1.807, 2.05) is 0 Å². The molecule has 0 fully saturated rings. The predicted molar refractivity (Wildman–Crippen MR) is 80.4 cm³/mol. The van der Waals surface area contributed by atoms with Crippen molar-refractivity contribution >= 4 is 12.0 Å². The summed E-state index contributed by atoms with van der Waals surface area (Å²) in [5.41, 5.74) is 1.49. The van der Waals surface area contributed by atoms with E-state index in [4.69, 9.17) is 14.6 Å². The van der Waals surface area contributed by atoms with Gasteiger partial charge in [-0.05, 0) is 41.5 Å². The van der Waals surface area contributed by atoms with Gasteiger partial charge in [-0.15, -0.1) is 0 Å². The molecule has 22 heavy (non-hydrogen) atoms. The molecule has 2 aromatic rings. The summed E-state index contributed by atoms with van der Waals surface area (Å²) in [5, 5.41) is 8.65. The number of carboxylic acid groups (broad SMARTS) is 1. The van der Waals surface area contributed by atoms with E-state index in [1.54, 1.807) is 30.3 Å². The van der Waals surface area contributed by atoms with Gasteiger partial charge in [-0.2, -0.15) is 0 Å². The third-order valence-corrected chi connectivity index (χ3v) is 2.91. The molecule has 0 saturated carbocycles. The van der Waals surface area contributed by atoms with Gasteiger partial charge in [-0.3, -0.25) is 0 Å². The first-order chi connectivity index (χ1) is 10.6. The van der Waals surface area contributed by atoms with Crippen molar-refractivity contribution in [3.8, 4) is 11.5 Å². The Labute approximate surface area is 127 Å². The Morgan fingerprint density at radius 3 is 2.55 bits per heavy atom. The Bertz CT molecular complexity index is 678. The van der Waals surface area contributed by atoms with Gasteiger partial charge in [0.2, 0.25) is 0 Å². The number of rotatable bonds is 6. The van der Waals surface area contributed by atoms with Crippen molar-refractivity contribution in [3.63, 3.8) is 0 Å². The molecule has 0 spiro atoms. The van der Waals surface area contributed by atoms with Gasteiger partial charge in [0.1, 0.15) is 12.4 Å². The van der Waals surface area contributed by atoms with Gasteiger partial charge in [0, 0.05) is 6.08 Å². The fourth-order valence-corrected chi connectivity index (χ4v) is 1.82. The molecule has 0 aliphatic carbocycles. The van der Waals surface area contributed by atoms with Gasteiger partial charge in [0.05, 0.1) is 7.11 Å². The predicted octanol–water partition coefficient (Wildman–Crippen LogP) is 3.51. The van der Waals surface area contributed by atoms with Crippen LogP contribution in [0.2, 0.25) is 0 Å². The molecule has 114 valence electrons. The number of carbonyl (C=O) groups is 1. The normalized spacial score (nSPS) is 10.6. The Morgan fingerprint density at radius 2 is 1.91 bits per heavy atom. The smallest absolute Gasteiger partial charge is 0.328 e. The molecule has 2 rings (SSSR count). The Morgan fingerprint density at radius 1 is 1.18 bits per heavy atom. The zero-order chi connectivity index (χ0) is 15.9. The van der Waals surface area contributed by atoms with Gasteiger partial charge in [0.25, 0.3) is 0 Å². The fraction of sp³-hybridized carbons (Fsp3) is 0.118. The van der Waals surface area contributed by atoms with E-state index in [0.717, 1.165) is 11.6 Å². The molecule has 0 heterocycles. The maximum absolute atomic E-state index is 12.9. The second kappa shape index (κ2) is 7.26. The van der Waals surface area contributed by atoms with E-state index in [9.17, 15) is 9.18 Å². The molecule has 0 aliphatic rings. The van der Waals surface area contributed by atoms with Crippen molar-refractivity contribution in [1.29, 1.82) is 0 Å². The molecular formula is C17H15FO4. The number of ether oxygens (including phenoxy) is 2. The molecule has 0 amide bonds. The molecule has 2 aromatic carbocycles. The van der Waals surface area contributed by atoms with E-state index in [0.29, 0.717) is 17.1 Å². The van der Waals surface area contributed by atoms with Crippen LogP contribution in [-0.2, 0) is 11.4 Å². The average Bonchev–Trinajstić information content (AvgIpc) is 2.52. The van der Waals surface area contributed by atoms with E-state index in [1.165, 1.54) is 25.3 Å². The highest BCUT2D eigenvalue weighted by molar-refractivity contribution is 5.85. The first-order valence-corrected chi connectivity index (χ1v) is 6.55. The second-order valence-electron chi connectivity index (χ2n) is 4.50. The molecule has 0 atom stereocenters. The average molecular weight is 302 g/mol. The molecule has 0 bridgehead atoms. The van der Waals surface area contributed by atoms with Crippen molar-refractivity contribution in [2.24, 2.45) is 0 Å². The summed E-state index contributed by atoms with van der Waals surface area (Å²) in [6.07, 6.45) is 2.51. The number of carboxylic acids is 1. The Hall–Kier alpha value is -2.82. The van der Waals surface area contributed by atoms with Crippen LogP contribution in [0.15, 0.2) is 48.5 Å². The lowest BCUT2D eigenvalue weighted by atomic mass is 10.2. The SMILES string of the molecule is COc1ccc(/C=C/C(=O)O)cc1OCc1ccc(F)cc1. The molecule has 0 radical (unpaired) electrons. The van der Waals surface area contributed by atoms with Crippen molar-refractivity contribution in [1.82, 2.24) is 0 Å². The summed E-state index contributed by atoms with van der Waals surface area (Å²) >= 11 is 0. The van der Waals surface area contributed by atoms with Crippen LogP contribution in [0, 0.1) is 5.82 Å². The van der Waals surface area contributed by atoms with E-state index >= 15 is 0 Å². The monoisotopic (exact) mass is 302 g/mol. The molecule has 0 unspecified atom stereocenters. The number of halogens is 1. The maximum Gasteiger partial charge on any atom is 0.328 e.